The fourth-order valence-corrected chi connectivity index (χ4v) is 3.32. The Balaban J connectivity index is 1.89. The van der Waals surface area contributed by atoms with Gasteiger partial charge in [0.2, 0.25) is 0 Å². The topological polar surface area (TPSA) is 73.9 Å². The fraction of sp³-hybridized carbons (Fsp3) is 0.545. The molecule has 0 aliphatic heterocycles. The normalized spacial score (nSPS) is 20.4. The van der Waals surface area contributed by atoms with Gasteiger partial charge < -0.3 is 19.5 Å². The smallest absolute Gasteiger partial charge is 0.331 e. The number of nitrogens with one attached hydrogen (secondary N) is 1. The van der Waals surface area contributed by atoms with Crippen molar-refractivity contribution in [3.8, 4) is 11.5 Å². The van der Waals surface area contributed by atoms with Crippen molar-refractivity contribution in [1.82, 2.24) is 5.32 Å². The number of rotatable bonds is 8. The molecule has 1 amide bonds. The van der Waals surface area contributed by atoms with Crippen molar-refractivity contribution in [2.24, 2.45) is 5.92 Å². The van der Waals surface area contributed by atoms with Crippen LogP contribution in [0.4, 0.5) is 0 Å². The zero-order valence-electron chi connectivity index (χ0n) is 17.2. The van der Waals surface area contributed by atoms with Crippen LogP contribution in [0.15, 0.2) is 24.3 Å². The third kappa shape index (κ3) is 6.29. The minimum absolute atomic E-state index is 0.161. The van der Waals surface area contributed by atoms with Crippen molar-refractivity contribution >= 4 is 18.0 Å². The van der Waals surface area contributed by atoms with Gasteiger partial charge in [0.05, 0.1) is 13.7 Å². The summed E-state index contributed by atoms with van der Waals surface area (Å²) in [4.78, 5) is 24.4. The highest BCUT2D eigenvalue weighted by molar-refractivity contribution is 5.90. The van der Waals surface area contributed by atoms with Crippen LogP contribution in [0.2, 0.25) is 0 Å². The fourth-order valence-electron chi connectivity index (χ4n) is 3.32. The first-order valence-electron chi connectivity index (χ1n) is 9.94. The summed E-state index contributed by atoms with van der Waals surface area (Å²) in [5.41, 5.74) is 0.769. The molecule has 1 saturated carbocycles. The molecular formula is C22H31NO5. The summed E-state index contributed by atoms with van der Waals surface area (Å²) in [6.07, 6.45) is 6.52. The third-order valence-corrected chi connectivity index (χ3v) is 5.00. The second kappa shape index (κ2) is 10.7. The predicted octanol–water partition coefficient (Wildman–Crippen LogP) is 3.73. The number of carbonyl (C=O) groups is 2. The Bertz CT molecular complexity index is 700. The number of ether oxygens (including phenoxy) is 3. The molecule has 1 N–H and O–H groups in total. The average Bonchev–Trinajstić information content (AvgIpc) is 2.69. The molecule has 0 spiro atoms. The highest BCUT2D eigenvalue weighted by atomic mass is 16.5. The van der Waals surface area contributed by atoms with Crippen LogP contribution < -0.4 is 14.8 Å². The highest BCUT2D eigenvalue weighted by Crippen LogP contribution is 2.28. The molecule has 0 heterocycles. The van der Waals surface area contributed by atoms with Crippen molar-refractivity contribution in [3.05, 3.63) is 29.8 Å². The molecule has 1 aliphatic carbocycles. The van der Waals surface area contributed by atoms with Crippen LogP contribution in [-0.4, -0.2) is 37.7 Å². The lowest BCUT2D eigenvalue weighted by molar-refractivity contribution is -0.150. The molecule has 154 valence electrons. The number of methoxy groups -OCH3 is 1. The first-order chi connectivity index (χ1) is 13.4. The monoisotopic (exact) mass is 389 g/mol. The predicted molar refractivity (Wildman–Crippen MR) is 108 cm³/mol. The number of hydrogen-bond acceptors (Lipinski definition) is 5. The maximum absolute atomic E-state index is 12.3. The summed E-state index contributed by atoms with van der Waals surface area (Å²) in [5.74, 6) is 0.879. The molecule has 0 saturated heterocycles. The van der Waals surface area contributed by atoms with Crippen molar-refractivity contribution in [2.45, 2.75) is 58.6 Å². The van der Waals surface area contributed by atoms with Crippen LogP contribution in [-0.2, 0) is 14.3 Å². The van der Waals surface area contributed by atoms with Gasteiger partial charge >= 0.3 is 5.97 Å². The van der Waals surface area contributed by atoms with Gasteiger partial charge in [0.25, 0.3) is 5.91 Å². The molecule has 3 unspecified atom stereocenters. The van der Waals surface area contributed by atoms with E-state index in [0.29, 0.717) is 24.0 Å². The lowest BCUT2D eigenvalue weighted by atomic mass is 9.86. The van der Waals surface area contributed by atoms with E-state index >= 15 is 0 Å². The molecule has 6 heteroatoms. The zero-order valence-corrected chi connectivity index (χ0v) is 17.2. The first-order valence-corrected chi connectivity index (χ1v) is 9.94. The van der Waals surface area contributed by atoms with E-state index in [0.717, 1.165) is 24.8 Å². The molecule has 6 nitrogen and oxygen atoms in total. The second-order valence-electron chi connectivity index (χ2n) is 7.13. The van der Waals surface area contributed by atoms with Gasteiger partial charge in [0.15, 0.2) is 17.6 Å². The van der Waals surface area contributed by atoms with E-state index in [1.165, 1.54) is 12.5 Å². The van der Waals surface area contributed by atoms with Gasteiger partial charge in [0.1, 0.15) is 0 Å². The van der Waals surface area contributed by atoms with Gasteiger partial charge in [-0.2, -0.15) is 0 Å². The van der Waals surface area contributed by atoms with Crippen LogP contribution >= 0.6 is 0 Å². The van der Waals surface area contributed by atoms with Gasteiger partial charge in [-0.3, -0.25) is 4.79 Å². The molecule has 1 aliphatic rings. The Morgan fingerprint density at radius 2 is 2.00 bits per heavy atom. The van der Waals surface area contributed by atoms with E-state index in [9.17, 15) is 9.59 Å². The molecule has 1 fully saturated rings. The molecule has 0 radical (unpaired) electrons. The maximum atomic E-state index is 12.3. The van der Waals surface area contributed by atoms with Gasteiger partial charge in [-0.15, -0.1) is 0 Å². The van der Waals surface area contributed by atoms with E-state index in [2.05, 4.69) is 12.2 Å². The number of amides is 1. The van der Waals surface area contributed by atoms with E-state index in [4.69, 9.17) is 14.2 Å². The summed E-state index contributed by atoms with van der Waals surface area (Å²) < 4.78 is 16.0. The lowest BCUT2D eigenvalue weighted by Crippen LogP contribution is -2.45. The van der Waals surface area contributed by atoms with E-state index < -0.39 is 12.1 Å². The van der Waals surface area contributed by atoms with Gasteiger partial charge in [-0.1, -0.05) is 25.8 Å². The summed E-state index contributed by atoms with van der Waals surface area (Å²) in [6.45, 7) is 6.18. The molecule has 1 aromatic rings. The van der Waals surface area contributed by atoms with E-state index in [1.54, 1.807) is 32.2 Å². The van der Waals surface area contributed by atoms with Crippen LogP contribution in [0.3, 0.4) is 0 Å². The molecule has 1 aromatic carbocycles. The summed E-state index contributed by atoms with van der Waals surface area (Å²) in [7, 11) is 1.56. The van der Waals surface area contributed by atoms with Crippen molar-refractivity contribution in [2.75, 3.05) is 13.7 Å². The Kier molecular flexibility index (Phi) is 8.36. The Hall–Kier alpha value is -2.50. The SMILES string of the molecule is CCOc1ccc(/C=C/C(=O)OC(C)C(=O)NC2CCCCC2C)cc1OC. The molecule has 0 bridgehead atoms. The molecule has 2 rings (SSSR count). The van der Waals surface area contributed by atoms with Crippen LogP contribution in [0.1, 0.15) is 52.0 Å². The minimum Gasteiger partial charge on any atom is -0.493 e. The van der Waals surface area contributed by atoms with Gasteiger partial charge in [-0.25, -0.2) is 4.79 Å². The second-order valence-corrected chi connectivity index (χ2v) is 7.13. The number of esters is 1. The standard InChI is InChI=1S/C22H31NO5/c1-5-27-19-12-10-17(14-20(19)26-4)11-13-21(24)28-16(3)22(25)23-18-9-7-6-8-15(18)2/h10-16,18H,5-9H2,1-4H3,(H,23,25)/b13-11+. The molecule has 0 aromatic heterocycles. The average molecular weight is 389 g/mol. The lowest BCUT2D eigenvalue weighted by Gasteiger charge is -2.30. The maximum Gasteiger partial charge on any atom is 0.331 e. The quantitative estimate of drug-likeness (QED) is 0.542. The van der Waals surface area contributed by atoms with Gasteiger partial charge in [-0.05, 0) is 56.4 Å². The molecule has 28 heavy (non-hydrogen) atoms. The van der Waals surface area contributed by atoms with E-state index in [-0.39, 0.29) is 11.9 Å². The number of carbonyl (C=O) groups excluding carboxylic acids is 2. The summed E-state index contributed by atoms with van der Waals surface area (Å²) in [5, 5.41) is 3.01. The minimum atomic E-state index is -0.832. The largest absolute Gasteiger partial charge is 0.493 e. The van der Waals surface area contributed by atoms with Crippen LogP contribution in [0.25, 0.3) is 6.08 Å². The van der Waals surface area contributed by atoms with Crippen molar-refractivity contribution in [1.29, 1.82) is 0 Å². The highest BCUT2D eigenvalue weighted by Gasteiger charge is 2.25. The first kappa shape index (κ1) is 21.8. The van der Waals surface area contributed by atoms with Crippen molar-refractivity contribution < 1.29 is 23.8 Å². The number of benzene rings is 1. The molecular weight excluding hydrogens is 358 g/mol. The zero-order chi connectivity index (χ0) is 20.5. The van der Waals surface area contributed by atoms with Crippen LogP contribution in [0, 0.1) is 5.92 Å². The Morgan fingerprint density at radius 1 is 1.25 bits per heavy atom. The Labute approximate surface area is 167 Å². The van der Waals surface area contributed by atoms with Gasteiger partial charge in [0, 0.05) is 12.1 Å². The molecule has 3 atom stereocenters. The summed E-state index contributed by atoms with van der Waals surface area (Å²) >= 11 is 0. The van der Waals surface area contributed by atoms with Crippen LogP contribution in [0.5, 0.6) is 11.5 Å². The summed E-state index contributed by atoms with van der Waals surface area (Å²) in [6, 6.07) is 5.54. The Morgan fingerprint density at radius 3 is 2.68 bits per heavy atom. The number of hydrogen-bond donors (Lipinski definition) is 1. The van der Waals surface area contributed by atoms with E-state index in [1.807, 2.05) is 13.0 Å². The third-order valence-electron chi connectivity index (χ3n) is 5.00. The van der Waals surface area contributed by atoms with Crippen molar-refractivity contribution in [3.63, 3.8) is 0 Å².